The molecule has 0 aliphatic rings. The number of nitrogens with zero attached hydrogens (tertiary/aromatic N) is 3. The van der Waals surface area contributed by atoms with Gasteiger partial charge in [0.25, 0.3) is 0 Å². The van der Waals surface area contributed by atoms with Crippen molar-refractivity contribution in [3.8, 4) is 45.3 Å². The molecule has 3 heterocycles. The number of thiophene rings is 1. The monoisotopic (exact) mass is 731 g/mol. The molecule has 0 saturated heterocycles. The van der Waals surface area contributed by atoms with Gasteiger partial charge in [-0.15, -0.1) is 11.3 Å². The van der Waals surface area contributed by atoms with Crippen LogP contribution in [0.4, 0.5) is 0 Å². The second-order valence-electron chi connectivity index (χ2n) is 14.3. The summed E-state index contributed by atoms with van der Waals surface area (Å²) in [7, 11) is 0. The average Bonchev–Trinajstić information content (AvgIpc) is 3.85. The zero-order valence-corrected chi connectivity index (χ0v) is 30.7. The lowest BCUT2D eigenvalue weighted by Gasteiger charge is -2.14. The molecule has 3 aromatic heterocycles. The van der Waals surface area contributed by atoms with E-state index in [1.807, 2.05) is 18.2 Å². The minimum Gasteiger partial charge on any atom is -0.456 e. The molecule has 4 nitrogen and oxygen atoms in total. The van der Waals surface area contributed by atoms with Crippen LogP contribution < -0.4 is 0 Å². The van der Waals surface area contributed by atoms with E-state index in [0.29, 0.717) is 17.5 Å². The summed E-state index contributed by atoms with van der Waals surface area (Å²) in [5.41, 5.74) is 6.67. The Balaban J connectivity index is 1.13. The van der Waals surface area contributed by atoms with Crippen LogP contribution in [0.1, 0.15) is 0 Å². The first-order valence-corrected chi connectivity index (χ1v) is 19.6. The Morgan fingerprint density at radius 3 is 1.82 bits per heavy atom. The van der Waals surface area contributed by atoms with Crippen LogP contribution in [0.15, 0.2) is 180 Å². The van der Waals surface area contributed by atoms with E-state index in [-0.39, 0.29) is 0 Å². The number of fused-ring (bicyclic) bond motifs is 11. The minimum atomic E-state index is 0.617. The molecule has 0 amide bonds. The van der Waals surface area contributed by atoms with Crippen molar-refractivity contribution in [3.63, 3.8) is 0 Å². The maximum absolute atomic E-state index is 6.33. The van der Waals surface area contributed by atoms with Crippen LogP contribution in [0, 0.1) is 0 Å². The lowest BCUT2D eigenvalue weighted by Crippen LogP contribution is -2.01. The third-order valence-electron chi connectivity index (χ3n) is 11.1. The summed E-state index contributed by atoms with van der Waals surface area (Å²) in [4.78, 5) is 16.0. The highest BCUT2D eigenvalue weighted by Crippen LogP contribution is 2.43. The normalized spacial score (nSPS) is 11.9. The van der Waals surface area contributed by atoms with Gasteiger partial charge >= 0.3 is 0 Å². The quantitative estimate of drug-likeness (QED) is 0.169. The summed E-state index contributed by atoms with van der Waals surface area (Å²) in [6.45, 7) is 0. The number of hydrogen-bond donors (Lipinski definition) is 0. The maximum Gasteiger partial charge on any atom is 0.164 e. The molecule has 0 atom stereocenters. The number of para-hydroxylation sites is 1. The molecule has 9 aromatic carbocycles. The van der Waals surface area contributed by atoms with E-state index >= 15 is 0 Å². The number of hydrogen-bond acceptors (Lipinski definition) is 5. The molecular weight excluding hydrogens is 703 g/mol. The van der Waals surface area contributed by atoms with Crippen molar-refractivity contribution in [1.82, 2.24) is 15.0 Å². The smallest absolute Gasteiger partial charge is 0.164 e. The van der Waals surface area contributed by atoms with Gasteiger partial charge in [-0.1, -0.05) is 146 Å². The first-order valence-electron chi connectivity index (χ1n) is 18.8. The highest BCUT2D eigenvalue weighted by atomic mass is 32.1. The van der Waals surface area contributed by atoms with Crippen molar-refractivity contribution < 1.29 is 4.42 Å². The van der Waals surface area contributed by atoms with Crippen molar-refractivity contribution >= 4 is 85.8 Å². The predicted octanol–water partition coefficient (Wildman–Crippen LogP) is 14.3. The Kier molecular flexibility index (Phi) is 6.76. The molecule has 0 saturated carbocycles. The van der Waals surface area contributed by atoms with E-state index in [0.717, 1.165) is 55.1 Å². The van der Waals surface area contributed by atoms with Crippen LogP contribution in [0.2, 0.25) is 0 Å². The molecule has 0 N–H and O–H groups in total. The molecule has 0 aliphatic carbocycles. The Morgan fingerprint density at radius 1 is 0.339 bits per heavy atom. The van der Waals surface area contributed by atoms with Crippen LogP contribution in [0.3, 0.4) is 0 Å². The molecule has 0 bridgehead atoms. The molecular formula is C51H29N3OS. The Hall–Kier alpha value is -7.21. The number of rotatable bonds is 4. The van der Waals surface area contributed by atoms with Gasteiger partial charge in [0.05, 0.1) is 0 Å². The third-order valence-corrected chi connectivity index (χ3v) is 12.3. The van der Waals surface area contributed by atoms with Gasteiger partial charge < -0.3 is 4.42 Å². The SMILES string of the molecule is c1ccc(-c2cccc3oc4ccccc4c23)c(-c2nc(-c3ccc4ccc5c6ccccc6ccc5c4c3)nc(-c3cccc4sc5ccccc5c34)n2)c1. The second-order valence-corrected chi connectivity index (χ2v) is 15.4. The fourth-order valence-corrected chi connectivity index (χ4v) is 9.71. The zero-order valence-electron chi connectivity index (χ0n) is 29.9. The van der Waals surface area contributed by atoms with Gasteiger partial charge in [0.15, 0.2) is 17.5 Å². The van der Waals surface area contributed by atoms with Gasteiger partial charge in [-0.3, -0.25) is 0 Å². The zero-order chi connectivity index (χ0) is 36.7. The van der Waals surface area contributed by atoms with E-state index in [4.69, 9.17) is 19.4 Å². The van der Waals surface area contributed by atoms with Crippen molar-refractivity contribution in [1.29, 1.82) is 0 Å². The van der Waals surface area contributed by atoms with Crippen LogP contribution in [-0.4, -0.2) is 15.0 Å². The summed E-state index contributed by atoms with van der Waals surface area (Å²) in [6, 6.07) is 62.1. The highest BCUT2D eigenvalue weighted by molar-refractivity contribution is 7.25. The molecule has 0 fully saturated rings. The predicted molar refractivity (Wildman–Crippen MR) is 234 cm³/mol. The Morgan fingerprint density at radius 2 is 0.929 bits per heavy atom. The standard InChI is InChI=1S/C51H29N3OS/c1-2-12-33-30(11-1)25-28-36-35(33)27-26-31-23-24-32(29-42(31)36)49-52-50(54-51(53-49)41-18-10-22-46-48(41)40-16-6-8-21-45(40)56-46)38-14-4-3-13-34(38)37-17-9-20-44-47(37)39-15-5-7-19-43(39)55-44/h1-29H. The average molecular weight is 732 g/mol. The van der Waals surface area contributed by atoms with E-state index in [1.165, 1.54) is 47.1 Å². The molecule has 12 aromatic rings. The highest BCUT2D eigenvalue weighted by Gasteiger charge is 2.21. The molecule has 260 valence electrons. The second kappa shape index (κ2) is 12.2. The van der Waals surface area contributed by atoms with E-state index in [2.05, 4.69) is 158 Å². The third kappa shape index (κ3) is 4.75. The van der Waals surface area contributed by atoms with Crippen molar-refractivity contribution in [2.75, 3.05) is 0 Å². The van der Waals surface area contributed by atoms with Crippen molar-refractivity contribution in [2.24, 2.45) is 0 Å². The Labute approximate surface area is 325 Å². The molecule has 0 spiro atoms. The summed E-state index contributed by atoms with van der Waals surface area (Å²) >= 11 is 1.80. The van der Waals surface area contributed by atoms with E-state index in [1.54, 1.807) is 11.3 Å². The molecule has 0 radical (unpaired) electrons. The number of benzene rings is 9. The van der Waals surface area contributed by atoms with Gasteiger partial charge in [-0.2, -0.15) is 0 Å². The topological polar surface area (TPSA) is 51.8 Å². The Bertz CT molecular complexity index is 3560. The maximum atomic E-state index is 6.33. The van der Waals surface area contributed by atoms with Gasteiger partial charge in [0, 0.05) is 47.6 Å². The van der Waals surface area contributed by atoms with Crippen LogP contribution in [0.25, 0.3) is 120 Å². The van der Waals surface area contributed by atoms with Gasteiger partial charge in [-0.05, 0) is 73.8 Å². The summed E-state index contributed by atoms with van der Waals surface area (Å²) < 4.78 is 8.78. The van der Waals surface area contributed by atoms with E-state index in [9.17, 15) is 0 Å². The van der Waals surface area contributed by atoms with Crippen LogP contribution in [-0.2, 0) is 0 Å². The molecule has 0 unspecified atom stereocenters. The fraction of sp³-hybridized carbons (Fsp3) is 0. The summed E-state index contributed by atoms with van der Waals surface area (Å²) in [6.07, 6.45) is 0. The molecule has 5 heteroatoms. The van der Waals surface area contributed by atoms with Gasteiger partial charge in [-0.25, -0.2) is 15.0 Å². The fourth-order valence-electron chi connectivity index (χ4n) is 8.58. The van der Waals surface area contributed by atoms with E-state index < -0.39 is 0 Å². The molecule has 56 heavy (non-hydrogen) atoms. The van der Waals surface area contributed by atoms with Gasteiger partial charge in [0.1, 0.15) is 11.2 Å². The van der Waals surface area contributed by atoms with Crippen molar-refractivity contribution in [3.05, 3.63) is 176 Å². The lowest BCUT2D eigenvalue weighted by atomic mass is 9.94. The minimum absolute atomic E-state index is 0.617. The first kappa shape index (κ1) is 31.2. The van der Waals surface area contributed by atoms with Crippen LogP contribution in [0.5, 0.6) is 0 Å². The number of furan rings is 1. The molecule has 0 aliphatic heterocycles. The molecule has 12 rings (SSSR count). The summed E-state index contributed by atoms with van der Waals surface area (Å²) in [5, 5.41) is 11.8. The van der Waals surface area contributed by atoms with Crippen molar-refractivity contribution in [2.45, 2.75) is 0 Å². The summed E-state index contributed by atoms with van der Waals surface area (Å²) in [5.74, 6) is 1.89. The van der Waals surface area contributed by atoms with Crippen LogP contribution >= 0.6 is 11.3 Å². The first-order chi connectivity index (χ1) is 27.7. The number of aromatic nitrogens is 3. The van der Waals surface area contributed by atoms with Gasteiger partial charge in [0.2, 0.25) is 0 Å². The largest absolute Gasteiger partial charge is 0.456 e. The lowest BCUT2D eigenvalue weighted by molar-refractivity contribution is 0.669.